The van der Waals surface area contributed by atoms with Crippen molar-refractivity contribution in [3.8, 4) is 0 Å². The number of hydrogen-bond acceptors (Lipinski definition) is 3. The third-order valence-corrected chi connectivity index (χ3v) is 3.35. The van der Waals surface area contributed by atoms with E-state index in [1.807, 2.05) is 6.07 Å². The van der Waals surface area contributed by atoms with Crippen LogP contribution in [0.4, 0.5) is 0 Å². The van der Waals surface area contributed by atoms with E-state index in [1.165, 1.54) is 0 Å². The molecule has 14 heavy (non-hydrogen) atoms. The van der Waals surface area contributed by atoms with E-state index in [0.717, 1.165) is 30.4 Å². The minimum Gasteiger partial charge on any atom is -0.465 e. The molecule has 0 aromatic carbocycles. The smallest absolute Gasteiger partial charge is 0.146 e. The van der Waals surface area contributed by atoms with Crippen molar-refractivity contribution in [3.63, 3.8) is 0 Å². The molecule has 1 saturated heterocycles. The molecule has 0 radical (unpaired) electrons. The molecule has 2 rings (SSSR count). The molecule has 1 aliphatic heterocycles. The largest absolute Gasteiger partial charge is 0.465 e. The van der Waals surface area contributed by atoms with Crippen molar-refractivity contribution in [1.82, 2.24) is 5.32 Å². The maximum absolute atomic E-state index is 10.1. The molecule has 1 aromatic rings. The van der Waals surface area contributed by atoms with Crippen molar-refractivity contribution in [2.75, 3.05) is 13.1 Å². The Balaban J connectivity index is 2.07. The van der Waals surface area contributed by atoms with Crippen LogP contribution in [0.2, 0.25) is 0 Å². The molecule has 3 nitrogen and oxygen atoms in total. The molecule has 1 aliphatic rings. The molecule has 2 atom stereocenters. The fourth-order valence-electron chi connectivity index (χ4n) is 1.88. The SMILES string of the molecule is OC(c1occc1Br)C1CCCNC1. The Bertz CT molecular complexity index is 294. The normalized spacial score (nSPS) is 24.9. The number of halogens is 1. The second kappa shape index (κ2) is 4.47. The zero-order valence-electron chi connectivity index (χ0n) is 7.87. The molecular formula is C10H14BrNO2. The van der Waals surface area contributed by atoms with Crippen LogP contribution < -0.4 is 5.32 Å². The van der Waals surface area contributed by atoms with Gasteiger partial charge in [0, 0.05) is 12.5 Å². The molecule has 2 heterocycles. The Morgan fingerprint density at radius 3 is 3.07 bits per heavy atom. The Morgan fingerprint density at radius 2 is 2.50 bits per heavy atom. The minimum atomic E-state index is -0.493. The van der Waals surface area contributed by atoms with E-state index in [0.29, 0.717) is 5.76 Å². The number of aliphatic hydroxyl groups excluding tert-OH is 1. The van der Waals surface area contributed by atoms with E-state index in [-0.39, 0.29) is 5.92 Å². The third-order valence-electron chi connectivity index (χ3n) is 2.69. The lowest BCUT2D eigenvalue weighted by Crippen LogP contribution is -2.33. The first-order valence-corrected chi connectivity index (χ1v) is 5.70. The molecule has 0 spiro atoms. The van der Waals surface area contributed by atoms with Crippen molar-refractivity contribution in [2.45, 2.75) is 18.9 Å². The number of nitrogens with one attached hydrogen (secondary N) is 1. The molecule has 0 aliphatic carbocycles. The van der Waals surface area contributed by atoms with Crippen molar-refractivity contribution in [3.05, 3.63) is 22.6 Å². The molecule has 78 valence electrons. The van der Waals surface area contributed by atoms with Crippen LogP contribution in [0.5, 0.6) is 0 Å². The minimum absolute atomic E-state index is 0.270. The van der Waals surface area contributed by atoms with Crippen LogP contribution in [0.15, 0.2) is 21.2 Å². The van der Waals surface area contributed by atoms with Gasteiger partial charge >= 0.3 is 0 Å². The summed E-state index contributed by atoms with van der Waals surface area (Å²) in [7, 11) is 0. The molecule has 1 fully saturated rings. The second-order valence-electron chi connectivity index (χ2n) is 3.68. The molecule has 2 N–H and O–H groups in total. The Morgan fingerprint density at radius 1 is 1.64 bits per heavy atom. The highest BCUT2D eigenvalue weighted by molar-refractivity contribution is 9.10. The fraction of sp³-hybridized carbons (Fsp3) is 0.600. The van der Waals surface area contributed by atoms with Gasteiger partial charge in [0.25, 0.3) is 0 Å². The summed E-state index contributed by atoms with van der Waals surface area (Å²) in [6.07, 6.45) is 3.28. The van der Waals surface area contributed by atoms with E-state index in [9.17, 15) is 5.11 Å². The Hall–Kier alpha value is -0.320. The standard InChI is InChI=1S/C10H14BrNO2/c11-8-3-5-14-10(8)9(13)7-2-1-4-12-6-7/h3,5,7,9,12-13H,1-2,4,6H2. The van der Waals surface area contributed by atoms with Gasteiger partial charge in [-0.05, 0) is 41.4 Å². The van der Waals surface area contributed by atoms with Crippen LogP contribution in [0.3, 0.4) is 0 Å². The molecular weight excluding hydrogens is 246 g/mol. The van der Waals surface area contributed by atoms with Crippen molar-refractivity contribution >= 4 is 15.9 Å². The van der Waals surface area contributed by atoms with Crippen LogP contribution in [-0.4, -0.2) is 18.2 Å². The number of piperidine rings is 1. The fourth-order valence-corrected chi connectivity index (χ4v) is 2.31. The summed E-state index contributed by atoms with van der Waals surface area (Å²) in [6, 6.07) is 1.81. The summed E-state index contributed by atoms with van der Waals surface area (Å²) in [6.45, 7) is 1.93. The summed E-state index contributed by atoms with van der Waals surface area (Å²) in [5.41, 5.74) is 0. The van der Waals surface area contributed by atoms with Gasteiger partial charge in [0.2, 0.25) is 0 Å². The predicted molar refractivity (Wildman–Crippen MR) is 57.0 cm³/mol. The monoisotopic (exact) mass is 259 g/mol. The highest BCUT2D eigenvalue weighted by Gasteiger charge is 2.26. The van der Waals surface area contributed by atoms with Gasteiger partial charge in [-0.2, -0.15) is 0 Å². The van der Waals surface area contributed by atoms with Gasteiger partial charge in [0.1, 0.15) is 11.9 Å². The lowest BCUT2D eigenvalue weighted by Gasteiger charge is -2.26. The predicted octanol–water partition coefficient (Wildman–Crippen LogP) is 2.08. The topological polar surface area (TPSA) is 45.4 Å². The van der Waals surface area contributed by atoms with Crippen molar-refractivity contribution in [1.29, 1.82) is 0 Å². The summed E-state index contributed by atoms with van der Waals surface area (Å²) >= 11 is 3.36. The number of furan rings is 1. The molecule has 2 unspecified atom stereocenters. The van der Waals surface area contributed by atoms with Crippen molar-refractivity contribution in [2.24, 2.45) is 5.92 Å². The van der Waals surface area contributed by atoms with Gasteiger partial charge < -0.3 is 14.8 Å². The zero-order valence-corrected chi connectivity index (χ0v) is 9.46. The van der Waals surface area contributed by atoms with Crippen LogP contribution in [0, 0.1) is 5.92 Å². The first-order chi connectivity index (χ1) is 6.79. The Labute approximate surface area is 91.6 Å². The average Bonchev–Trinajstić information content (AvgIpc) is 2.65. The van der Waals surface area contributed by atoms with Crippen LogP contribution in [0.25, 0.3) is 0 Å². The van der Waals surface area contributed by atoms with E-state index in [2.05, 4.69) is 21.2 Å². The number of hydrogen-bond donors (Lipinski definition) is 2. The van der Waals surface area contributed by atoms with E-state index < -0.39 is 6.10 Å². The van der Waals surface area contributed by atoms with E-state index in [4.69, 9.17) is 4.42 Å². The summed E-state index contributed by atoms with van der Waals surface area (Å²) < 4.78 is 6.11. The van der Waals surface area contributed by atoms with Gasteiger partial charge in [-0.1, -0.05) is 0 Å². The summed E-state index contributed by atoms with van der Waals surface area (Å²) in [5, 5.41) is 13.3. The summed E-state index contributed by atoms with van der Waals surface area (Å²) in [5.74, 6) is 0.921. The molecule has 0 bridgehead atoms. The highest BCUT2D eigenvalue weighted by atomic mass is 79.9. The average molecular weight is 260 g/mol. The van der Waals surface area contributed by atoms with E-state index >= 15 is 0 Å². The lowest BCUT2D eigenvalue weighted by atomic mass is 9.92. The van der Waals surface area contributed by atoms with Gasteiger partial charge in [0.15, 0.2) is 0 Å². The van der Waals surface area contributed by atoms with Crippen LogP contribution in [-0.2, 0) is 0 Å². The summed E-state index contributed by atoms with van der Waals surface area (Å²) in [4.78, 5) is 0. The molecule has 1 aromatic heterocycles. The van der Waals surface area contributed by atoms with Gasteiger partial charge in [-0.25, -0.2) is 0 Å². The highest BCUT2D eigenvalue weighted by Crippen LogP contribution is 2.32. The zero-order chi connectivity index (χ0) is 9.97. The second-order valence-corrected chi connectivity index (χ2v) is 4.54. The van der Waals surface area contributed by atoms with Crippen molar-refractivity contribution < 1.29 is 9.52 Å². The van der Waals surface area contributed by atoms with Crippen LogP contribution >= 0.6 is 15.9 Å². The number of aliphatic hydroxyl groups is 1. The molecule has 0 saturated carbocycles. The lowest BCUT2D eigenvalue weighted by molar-refractivity contribution is 0.0712. The van der Waals surface area contributed by atoms with Gasteiger partial charge in [-0.15, -0.1) is 0 Å². The van der Waals surface area contributed by atoms with Crippen LogP contribution in [0.1, 0.15) is 24.7 Å². The first kappa shape index (κ1) is 10.2. The quantitative estimate of drug-likeness (QED) is 0.855. The molecule has 4 heteroatoms. The number of rotatable bonds is 2. The first-order valence-electron chi connectivity index (χ1n) is 4.90. The van der Waals surface area contributed by atoms with E-state index in [1.54, 1.807) is 6.26 Å². The van der Waals surface area contributed by atoms with Gasteiger partial charge in [-0.3, -0.25) is 0 Å². The maximum Gasteiger partial charge on any atom is 0.146 e. The van der Waals surface area contributed by atoms with Gasteiger partial charge in [0.05, 0.1) is 10.7 Å². The third kappa shape index (κ3) is 2.02. The Kier molecular flexibility index (Phi) is 3.26. The maximum atomic E-state index is 10.1. The molecule has 0 amide bonds.